The fourth-order valence-electron chi connectivity index (χ4n) is 0.843. The minimum Gasteiger partial charge on any atom is -0.398 e. The van der Waals surface area contributed by atoms with E-state index >= 15 is 0 Å². The third-order valence-corrected chi connectivity index (χ3v) is 2.54. The summed E-state index contributed by atoms with van der Waals surface area (Å²) in [5, 5.41) is 8.38. The predicted molar refractivity (Wildman–Crippen MR) is 51.7 cm³/mol. The van der Waals surface area contributed by atoms with Crippen LogP contribution in [-0.2, 0) is 0 Å². The van der Waals surface area contributed by atoms with E-state index in [1.165, 1.54) is 23.9 Å². The Balaban J connectivity index is 2.85. The average molecular weight is 196 g/mol. The summed E-state index contributed by atoms with van der Waals surface area (Å²) in [6.45, 7) is 1.77. The van der Waals surface area contributed by atoms with E-state index in [9.17, 15) is 4.39 Å². The molecule has 0 radical (unpaired) electrons. The Morgan fingerprint density at radius 1 is 1.62 bits per heavy atom. The van der Waals surface area contributed by atoms with Crippen molar-refractivity contribution in [2.75, 3.05) is 5.73 Å². The molecule has 1 unspecified atom stereocenters. The van der Waals surface area contributed by atoms with Gasteiger partial charge < -0.3 is 5.73 Å². The standard InChI is InChI=1S/C9H9FN2S/c1-6(5-11)13-9-3-2-7(10)4-8(9)12/h2-4,6H,12H2,1H3. The Morgan fingerprint density at radius 3 is 2.85 bits per heavy atom. The average Bonchev–Trinajstić information content (AvgIpc) is 2.09. The van der Waals surface area contributed by atoms with E-state index in [1.54, 1.807) is 13.0 Å². The Kier molecular flexibility index (Phi) is 3.15. The van der Waals surface area contributed by atoms with Gasteiger partial charge in [0.05, 0.1) is 11.3 Å². The molecule has 4 heteroatoms. The van der Waals surface area contributed by atoms with Gasteiger partial charge >= 0.3 is 0 Å². The monoisotopic (exact) mass is 196 g/mol. The SMILES string of the molecule is CC(C#N)Sc1ccc(F)cc1N. The zero-order valence-electron chi connectivity index (χ0n) is 7.12. The quantitative estimate of drug-likeness (QED) is 0.583. The van der Waals surface area contributed by atoms with Crippen molar-refractivity contribution < 1.29 is 4.39 Å². The normalized spacial score (nSPS) is 12.1. The number of thioether (sulfide) groups is 1. The summed E-state index contributed by atoms with van der Waals surface area (Å²) in [4.78, 5) is 0.746. The largest absolute Gasteiger partial charge is 0.398 e. The van der Waals surface area contributed by atoms with E-state index in [4.69, 9.17) is 11.0 Å². The van der Waals surface area contributed by atoms with Gasteiger partial charge in [0, 0.05) is 10.6 Å². The molecule has 1 aromatic carbocycles. The van der Waals surface area contributed by atoms with E-state index in [0.717, 1.165) is 4.90 Å². The van der Waals surface area contributed by atoms with Gasteiger partial charge in [-0.15, -0.1) is 11.8 Å². The number of halogens is 1. The van der Waals surface area contributed by atoms with Gasteiger partial charge in [-0.1, -0.05) is 0 Å². The Bertz CT molecular complexity index is 346. The maximum Gasteiger partial charge on any atom is 0.125 e. The minimum absolute atomic E-state index is 0.173. The van der Waals surface area contributed by atoms with Crippen molar-refractivity contribution in [3.05, 3.63) is 24.0 Å². The van der Waals surface area contributed by atoms with E-state index < -0.39 is 0 Å². The van der Waals surface area contributed by atoms with Crippen LogP contribution in [0.25, 0.3) is 0 Å². The lowest BCUT2D eigenvalue weighted by atomic mass is 10.3. The van der Waals surface area contributed by atoms with Crippen LogP contribution in [-0.4, -0.2) is 5.25 Å². The number of nitrogen functional groups attached to an aromatic ring is 1. The highest BCUT2D eigenvalue weighted by molar-refractivity contribution is 8.00. The van der Waals surface area contributed by atoms with E-state index in [1.807, 2.05) is 0 Å². The van der Waals surface area contributed by atoms with Crippen LogP contribution in [0.2, 0.25) is 0 Å². The zero-order valence-corrected chi connectivity index (χ0v) is 7.94. The first-order chi connectivity index (χ1) is 6.13. The smallest absolute Gasteiger partial charge is 0.125 e. The highest BCUT2D eigenvalue weighted by Crippen LogP contribution is 2.28. The van der Waals surface area contributed by atoms with Crippen LogP contribution in [0.3, 0.4) is 0 Å². The van der Waals surface area contributed by atoms with Crippen molar-refractivity contribution in [3.63, 3.8) is 0 Å². The van der Waals surface area contributed by atoms with Gasteiger partial charge in [0.2, 0.25) is 0 Å². The van der Waals surface area contributed by atoms with Crippen molar-refractivity contribution in [2.45, 2.75) is 17.1 Å². The van der Waals surface area contributed by atoms with Crippen LogP contribution in [0.4, 0.5) is 10.1 Å². The summed E-state index contributed by atoms with van der Waals surface area (Å²) in [5.74, 6) is -0.355. The molecule has 13 heavy (non-hydrogen) atoms. The lowest BCUT2D eigenvalue weighted by Crippen LogP contribution is -1.94. The van der Waals surface area contributed by atoms with Crippen molar-refractivity contribution in [1.29, 1.82) is 5.26 Å². The predicted octanol–water partition coefficient (Wildman–Crippen LogP) is 2.41. The number of rotatable bonds is 2. The second kappa shape index (κ2) is 4.15. The highest BCUT2D eigenvalue weighted by atomic mass is 32.2. The van der Waals surface area contributed by atoms with Gasteiger partial charge in [-0.2, -0.15) is 5.26 Å². The summed E-state index contributed by atoms with van der Waals surface area (Å²) >= 11 is 1.33. The molecule has 2 N–H and O–H groups in total. The molecular formula is C9H9FN2S. The van der Waals surface area contributed by atoms with Gasteiger partial charge in [-0.05, 0) is 25.1 Å². The van der Waals surface area contributed by atoms with E-state index in [0.29, 0.717) is 5.69 Å². The van der Waals surface area contributed by atoms with Gasteiger partial charge in [-0.25, -0.2) is 4.39 Å². The molecule has 68 valence electrons. The molecule has 0 fully saturated rings. The van der Waals surface area contributed by atoms with Gasteiger partial charge in [0.1, 0.15) is 5.82 Å². The number of benzene rings is 1. The maximum absolute atomic E-state index is 12.6. The number of nitrogens with zero attached hydrogens (tertiary/aromatic N) is 1. The van der Waals surface area contributed by atoms with Crippen LogP contribution in [0.5, 0.6) is 0 Å². The molecule has 1 atom stereocenters. The van der Waals surface area contributed by atoms with Gasteiger partial charge in [-0.3, -0.25) is 0 Å². The first-order valence-corrected chi connectivity index (χ1v) is 4.62. The molecule has 0 aliphatic heterocycles. The Hall–Kier alpha value is -1.21. The molecule has 1 aromatic rings. The van der Waals surface area contributed by atoms with Crippen molar-refractivity contribution in [2.24, 2.45) is 0 Å². The summed E-state index contributed by atoms with van der Waals surface area (Å²) in [6, 6.07) is 6.25. The first kappa shape index (κ1) is 9.87. The molecule has 0 bridgehead atoms. The van der Waals surface area contributed by atoms with Crippen LogP contribution >= 0.6 is 11.8 Å². The van der Waals surface area contributed by atoms with Crippen LogP contribution in [0.15, 0.2) is 23.1 Å². The van der Waals surface area contributed by atoms with Gasteiger partial charge in [0.25, 0.3) is 0 Å². The lowest BCUT2D eigenvalue weighted by Gasteiger charge is -2.05. The molecule has 0 heterocycles. The summed E-state index contributed by atoms with van der Waals surface area (Å²) < 4.78 is 12.6. The summed E-state index contributed by atoms with van der Waals surface area (Å²) in [6.07, 6.45) is 0. The van der Waals surface area contributed by atoms with Crippen molar-refractivity contribution in [1.82, 2.24) is 0 Å². The second-order valence-electron chi connectivity index (χ2n) is 2.57. The topological polar surface area (TPSA) is 49.8 Å². The minimum atomic E-state index is -0.355. The molecule has 0 spiro atoms. The molecular weight excluding hydrogens is 187 g/mol. The highest BCUT2D eigenvalue weighted by Gasteiger charge is 2.06. The van der Waals surface area contributed by atoms with Crippen LogP contribution in [0, 0.1) is 17.1 Å². The Morgan fingerprint density at radius 2 is 2.31 bits per heavy atom. The van der Waals surface area contributed by atoms with E-state index in [2.05, 4.69) is 6.07 Å². The molecule has 1 rings (SSSR count). The summed E-state index contributed by atoms with van der Waals surface area (Å²) in [5.41, 5.74) is 5.94. The molecule has 2 nitrogen and oxygen atoms in total. The number of nitrogens with two attached hydrogens (primary N) is 1. The second-order valence-corrected chi connectivity index (χ2v) is 3.95. The third-order valence-electron chi connectivity index (χ3n) is 1.46. The molecule has 0 saturated carbocycles. The molecule has 0 saturated heterocycles. The number of anilines is 1. The first-order valence-electron chi connectivity index (χ1n) is 3.75. The maximum atomic E-state index is 12.6. The van der Waals surface area contributed by atoms with Crippen LogP contribution in [0.1, 0.15) is 6.92 Å². The fourth-order valence-corrected chi connectivity index (χ4v) is 1.62. The summed E-state index contributed by atoms with van der Waals surface area (Å²) in [7, 11) is 0. The zero-order chi connectivity index (χ0) is 9.84. The third kappa shape index (κ3) is 2.63. The Labute approximate surface area is 80.5 Å². The van der Waals surface area contributed by atoms with Gasteiger partial charge in [0.15, 0.2) is 0 Å². The lowest BCUT2D eigenvalue weighted by molar-refractivity contribution is 0.627. The molecule has 0 aromatic heterocycles. The fraction of sp³-hybridized carbons (Fsp3) is 0.222. The van der Waals surface area contributed by atoms with E-state index in [-0.39, 0.29) is 11.1 Å². The number of hydrogen-bond donors (Lipinski definition) is 1. The number of nitriles is 1. The molecule has 0 aliphatic rings. The van der Waals surface area contributed by atoms with Crippen molar-refractivity contribution >= 4 is 17.4 Å². The molecule has 0 amide bonds. The van der Waals surface area contributed by atoms with Crippen molar-refractivity contribution in [3.8, 4) is 6.07 Å². The molecule has 0 aliphatic carbocycles. The van der Waals surface area contributed by atoms with Crippen LogP contribution < -0.4 is 5.73 Å². The number of hydrogen-bond acceptors (Lipinski definition) is 3.